The van der Waals surface area contributed by atoms with E-state index in [-0.39, 0.29) is 42.5 Å². The zero-order chi connectivity index (χ0) is 17.0. The summed E-state index contributed by atoms with van der Waals surface area (Å²) in [5.74, 6) is 1.91. The van der Waals surface area contributed by atoms with E-state index in [1.165, 1.54) is 0 Å². The number of nitrogens with zero attached hydrogens (tertiary/aromatic N) is 4. The van der Waals surface area contributed by atoms with E-state index >= 15 is 0 Å². The van der Waals surface area contributed by atoms with Crippen LogP contribution in [0, 0.1) is 6.92 Å². The zero-order valence-corrected chi connectivity index (χ0v) is 17.2. The number of nitrogens with one attached hydrogen (secondary N) is 2. The highest BCUT2D eigenvalue weighted by Gasteiger charge is 2.24. The van der Waals surface area contributed by atoms with Gasteiger partial charge in [0.1, 0.15) is 23.8 Å². The number of esters is 1. The van der Waals surface area contributed by atoms with E-state index in [1.54, 1.807) is 7.05 Å². The number of hydrogen-bond acceptors (Lipinski definition) is 5. The molecule has 0 spiro atoms. The molecule has 0 radical (unpaired) electrons. The number of aromatic nitrogens is 3. The molecule has 2 rings (SSSR count). The van der Waals surface area contributed by atoms with Gasteiger partial charge in [0.2, 0.25) is 0 Å². The lowest BCUT2D eigenvalue weighted by atomic mass is 10.1. The lowest BCUT2D eigenvalue weighted by Gasteiger charge is -2.25. The van der Waals surface area contributed by atoms with Gasteiger partial charge in [0, 0.05) is 13.6 Å². The van der Waals surface area contributed by atoms with E-state index in [0.717, 1.165) is 31.0 Å². The molecule has 0 aliphatic carbocycles. The number of fused-ring (bicyclic) bond motifs is 1. The highest BCUT2D eigenvalue weighted by atomic mass is 127. The van der Waals surface area contributed by atoms with Crippen molar-refractivity contribution in [3.05, 3.63) is 11.6 Å². The lowest BCUT2D eigenvalue weighted by Crippen LogP contribution is -2.44. The molecule has 1 aliphatic heterocycles. The first-order valence-corrected chi connectivity index (χ1v) is 7.89. The average Bonchev–Trinajstić information content (AvgIpc) is 2.82. The summed E-state index contributed by atoms with van der Waals surface area (Å²) in [7, 11) is 1.67. The molecule has 2 N–H and O–H groups in total. The first-order valence-electron chi connectivity index (χ1n) is 7.89. The van der Waals surface area contributed by atoms with Crippen LogP contribution < -0.4 is 10.6 Å². The molecule has 0 saturated carbocycles. The van der Waals surface area contributed by atoms with Crippen LogP contribution in [0.4, 0.5) is 0 Å². The second-order valence-electron chi connectivity index (χ2n) is 6.59. The van der Waals surface area contributed by atoms with Crippen molar-refractivity contribution < 1.29 is 9.53 Å². The molecule has 0 bridgehead atoms. The predicted molar refractivity (Wildman–Crippen MR) is 102 cm³/mol. The number of guanidine groups is 1. The van der Waals surface area contributed by atoms with Gasteiger partial charge in [-0.3, -0.25) is 9.79 Å². The van der Waals surface area contributed by atoms with Crippen LogP contribution in [0.5, 0.6) is 0 Å². The molecule has 0 amide bonds. The van der Waals surface area contributed by atoms with Crippen LogP contribution in [0.1, 0.15) is 51.3 Å². The fourth-order valence-corrected chi connectivity index (χ4v) is 2.50. The smallest absolute Gasteiger partial charge is 0.325 e. The summed E-state index contributed by atoms with van der Waals surface area (Å²) in [6.07, 6.45) is 1.97. The molecule has 1 aromatic rings. The number of aliphatic imine (C=N–C) groups is 1. The Balaban J connectivity index is 0.00000288. The topological polar surface area (TPSA) is 93.4 Å². The largest absolute Gasteiger partial charge is 0.459 e. The molecule has 24 heavy (non-hydrogen) atoms. The molecule has 2 heterocycles. The Kier molecular flexibility index (Phi) is 7.43. The summed E-state index contributed by atoms with van der Waals surface area (Å²) in [6, 6.07) is 0.0368. The second-order valence-corrected chi connectivity index (χ2v) is 6.59. The molecule has 1 unspecified atom stereocenters. The molecular formula is C15H27IN6O2. The molecule has 1 aromatic heterocycles. The van der Waals surface area contributed by atoms with Crippen LogP contribution in [0.15, 0.2) is 4.99 Å². The Morgan fingerprint density at radius 2 is 2.17 bits per heavy atom. The van der Waals surface area contributed by atoms with Gasteiger partial charge in [-0.05, 0) is 40.5 Å². The second kappa shape index (κ2) is 8.63. The van der Waals surface area contributed by atoms with Crippen LogP contribution in [0.2, 0.25) is 0 Å². The number of aryl methyl sites for hydroxylation is 2. The molecule has 9 heteroatoms. The maximum absolute atomic E-state index is 11.8. The number of ether oxygens (including phenoxy) is 1. The van der Waals surface area contributed by atoms with Crippen LogP contribution in [-0.4, -0.2) is 45.9 Å². The molecule has 0 fully saturated rings. The van der Waals surface area contributed by atoms with Crippen molar-refractivity contribution in [2.75, 3.05) is 13.6 Å². The summed E-state index contributed by atoms with van der Waals surface area (Å²) in [5, 5.41) is 10.7. The van der Waals surface area contributed by atoms with Crippen LogP contribution >= 0.6 is 24.0 Å². The summed E-state index contributed by atoms with van der Waals surface area (Å²) >= 11 is 0. The van der Waals surface area contributed by atoms with Crippen LogP contribution in [0.3, 0.4) is 0 Å². The predicted octanol–water partition coefficient (Wildman–Crippen LogP) is 1.55. The van der Waals surface area contributed by atoms with E-state index < -0.39 is 5.60 Å². The lowest BCUT2D eigenvalue weighted by molar-refractivity contribution is -0.153. The summed E-state index contributed by atoms with van der Waals surface area (Å²) in [5.41, 5.74) is -0.493. The fraction of sp³-hybridized carbons (Fsp3) is 0.733. The Labute approximate surface area is 159 Å². The minimum absolute atomic E-state index is 0. The Hall–Kier alpha value is -1.39. The third-order valence-corrected chi connectivity index (χ3v) is 3.34. The maximum Gasteiger partial charge on any atom is 0.325 e. The number of rotatable bonds is 3. The number of carbonyl (C=O) groups excluding carboxylic acids is 1. The van der Waals surface area contributed by atoms with Gasteiger partial charge in [0.15, 0.2) is 5.96 Å². The third-order valence-electron chi connectivity index (χ3n) is 3.34. The first kappa shape index (κ1) is 20.7. The van der Waals surface area contributed by atoms with Gasteiger partial charge >= 0.3 is 5.97 Å². The maximum atomic E-state index is 11.8. The van der Waals surface area contributed by atoms with E-state index in [1.807, 2.05) is 32.4 Å². The molecule has 1 aliphatic rings. The van der Waals surface area contributed by atoms with Crippen molar-refractivity contribution in [1.82, 2.24) is 25.4 Å². The van der Waals surface area contributed by atoms with Crippen LogP contribution in [-0.2, 0) is 16.1 Å². The van der Waals surface area contributed by atoms with Gasteiger partial charge < -0.3 is 15.4 Å². The van der Waals surface area contributed by atoms with E-state index in [0.29, 0.717) is 5.96 Å². The molecule has 136 valence electrons. The van der Waals surface area contributed by atoms with Gasteiger partial charge in [0.25, 0.3) is 0 Å². The SMILES string of the molecule is CN=C(NCC(=O)OC(C)(C)C)NC1CCCn2nc(C)nc21.I. The van der Waals surface area contributed by atoms with Crippen molar-refractivity contribution in [2.24, 2.45) is 4.99 Å². The van der Waals surface area contributed by atoms with E-state index in [2.05, 4.69) is 25.7 Å². The van der Waals surface area contributed by atoms with Crippen molar-refractivity contribution in [1.29, 1.82) is 0 Å². The van der Waals surface area contributed by atoms with Gasteiger partial charge in [-0.2, -0.15) is 5.10 Å². The molecule has 0 aromatic carbocycles. The normalized spacial score (nSPS) is 17.5. The highest BCUT2D eigenvalue weighted by molar-refractivity contribution is 14.0. The third kappa shape index (κ3) is 5.91. The van der Waals surface area contributed by atoms with Gasteiger partial charge in [-0.25, -0.2) is 9.67 Å². The average molecular weight is 450 g/mol. The summed E-state index contributed by atoms with van der Waals surface area (Å²) < 4.78 is 7.20. The molecular weight excluding hydrogens is 423 g/mol. The minimum Gasteiger partial charge on any atom is -0.459 e. The monoisotopic (exact) mass is 450 g/mol. The van der Waals surface area contributed by atoms with Gasteiger partial charge in [-0.15, -0.1) is 24.0 Å². The standard InChI is InChI=1S/C15H26N6O2.HI/c1-10-18-13-11(7-6-8-21(13)20-10)19-14(16-5)17-9-12(22)23-15(2,3)4;/h11H,6-9H2,1-5H3,(H2,16,17,19);1H. The molecule has 0 saturated heterocycles. The van der Waals surface area contributed by atoms with Crippen molar-refractivity contribution >= 4 is 35.9 Å². The Bertz CT molecular complexity index is 593. The Morgan fingerprint density at radius 3 is 2.79 bits per heavy atom. The minimum atomic E-state index is -0.493. The number of halogens is 1. The van der Waals surface area contributed by atoms with Crippen molar-refractivity contribution in [3.63, 3.8) is 0 Å². The van der Waals surface area contributed by atoms with Crippen LogP contribution in [0.25, 0.3) is 0 Å². The quantitative estimate of drug-likeness (QED) is 0.314. The van der Waals surface area contributed by atoms with Crippen molar-refractivity contribution in [2.45, 2.75) is 58.7 Å². The molecule has 1 atom stereocenters. The number of hydrogen-bond donors (Lipinski definition) is 2. The van der Waals surface area contributed by atoms with Gasteiger partial charge in [0.05, 0.1) is 6.04 Å². The first-order chi connectivity index (χ1) is 10.8. The van der Waals surface area contributed by atoms with Crippen molar-refractivity contribution in [3.8, 4) is 0 Å². The number of carbonyl (C=O) groups is 1. The van der Waals surface area contributed by atoms with E-state index in [9.17, 15) is 4.79 Å². The summed E-state index contributed by atoms with van der Waals surface area (Å²) in [4.78, 5) is 20.4. The Morgan fingerprint density at radius 1 is 1.46 bits per heavy atom. The fourth-order valence-electron chi connectivity index (χ4n) is 2.50. The summed E-state index contributed by atoms with van der Waals surface area (Å²) in [6.45, 7) is 8.37. The zero-order valence-electron chi connectivity index (χ0n) is 14.9. The van der Waals surface area contributed by atoms with Gasteiger partial charge in [-0.1, -0.05) is 0 Å². The van der Waals surface area contributed by atoms with E-state index in [4.69, 9.17) is 4.74 Å². The highest BCUT2D eigenvalue weighted by Crippen LogP contribution is 2.22. The molecule has 8 nitrogen and oxygen atoms in total.